The molecule has 0 bridgehead atoms. The van der Waals surface area contributed by atoms with Gasteiger partial charge >= 0.3 is 6.09 Å². The van der Waals surface area contributed by atoms with Crippen LogP contribution in [-0.4, -0.2) is 53.6 Å². The Kier molecular flexibility index (Phi) is 6.31. The Bertz CT molecular complexity index is 522. The fourth-order valence-corrected chi connectivity index (χ4v) is 1.95. The summed E-state index contributed by atoms with van der Waals surface area (Å²) in [7, 11) is 16.9. The molecule has 0 fully saturated rings. The van der Waals surface area contributed by atoms with Crippen molar-refractivity contribution in [3.8, 4) is 0 Å². The van der Waals surface area contributed by atoms with Crippen molar-refractivity contribution in [2.45, 2.75) is 38.0 Å². The Morgan fingerprint density at radius 2 is 1.57 bits per heavy atom. The molecule has 122 valence electrons. The molecule has 0 heterocycles. The average Bonchev–Trinajstić information content (AvgIpc) is 2.46. The minimum absolute atomic E-state index is 0.474. The number of nitrogens with zero attached hydrogens (tertiary/aromatic N) is 1. The van der Waals surface area contributed by atoms with E-state index < -0.39 is 23.3 Å². The number of ether oxygens (including phenoxy) is 3. The molecule has 0 aliphatic carbocycles. The molecule has 1 rings (SSSR count). The van der Waals surface area contributed by atoms with Gasteiger partial charge in [0.15, 0.2) is 6.29 Å². The van der Waals surface area contributed by atoms with E-state index in [-0.39, 0.29) is 0 Å². The third-order valence-corrected chi connectivity index (χ3v) is 3.30. The van der Waals surface area contributed by atoms with Crippen LogP contribution in [0.2, 0.25) is 0 Å². The number of hydrogen-bond acceptors (Lipinski definition) is 4. The summed E-state index contributed by atoms with van der Waals surface area (Å²) in [6.45, 7) is 5.33. The van der Waals surface area contributed by atoms with Crippen molar-refractivity contribution in [1.82, 2.24) is 4.90 Å². The van der Waals surface area contributed by atoms with Gasteiger partial charge in [-0.2, -0.15) is 0 Å². The Labute approximate surface area is 141 Å². The number of carbonyl (C=O) groups excluding carboxylic acids is 1. The van der Waals surface area contributed by atoms with Gasteiger partial charge in [0.05, 0.1) is 15.7 Å². The van der Waals surface area contributed by atoms with Crippen LogP contribution in [0.5, 0.6) is 0 Å². The van der Waals surface area contributed by atoms with Gasteiger partial charge in [-0.1, -0.05) is 24.3 Å². The zero-order valence-electron chi connectivity index (χ0n) is 14.6. The van der Waals surface area contributed by atoms with Crippen molar-refractivity contribution < 1.29 is 19.0 Å². The number of carbonyl (C=O) groups is 1. The molecule has 0 atom stereocenters. The molecule has 1 aromatic carbocycles. The smallest absolute Gasteiger partial charge is 0.409 e. The lowest BCUT2D eigenvalue weighted by Gasteiger charge is -2.38. The van der Waals surface area contributed by atoms with Crippen LogP contribution in [0.15, 0.2) is 24.3 Å². The van der Waals surface area contributed by atoms with Crippen LogP contribution >= 0.6 is 0 Å². The maximum absolute atomic E-state index is 12.2. The molecule has 0 N–H and O–H groups in total. The molecule has 0 aliphatic heterocycles. The Hall–Kier alpha value is -1.46. The highest BCUT2D eigenvalue weighted by molar-refractivity contribution is 6.40. The quantitative estimate of drug-likeness (QED) is 0.618. The second-order valence-corrected chi connectivity index (χ2v) is 6.29. The molecule has 0 spiro atoms. The van der Waals surface area contributed by atoms with Crippen LogP contribution in [0.4, 0.5) is 4.79 Å². The zero-order chi connectivity index (χ0) is 17.8. The van der Waals surface area contributed by atoms with Crippen molar-refractivity contribution in [1.29, 1.82) is 0 Å². The molecular formula is C16H23B2NO4. The average molecular weight is 315 g/mol. The van der Waals surface area contributed by atoms with Crippen molar-refractivity contribution in [3.63, 3.8) is 0 Å². The second-order valence-electron chi connectivity index (χ2n) is 6.29. The van der Waals surface area contributed by atoms with E-state index in [0.29, 0.717) is 5.56 Å². The summed E-state index contributed by atoms with van der Waals surface area (Å²) in [5, 5.41) is -1.50. The molecule has 0 saturated carbocycles. The van der Waals surface area contributed by atoms with E-state index >= 15 is 0 Å². The van der Waals surface area contributed by atoms with E-state index in [9.17, 15) is 4.79 Å². The molecule has 0 aliphatic rings. The van der Waals surface area contributed by atoms with E-state index in [2.05, 4.69) is 0 Å². The normalized spacial score (nSPS) is 12.3. The molecule has 1 amide bonds. The molecule has 23 heavy (non-hydrogen) atoms. The van der Waals surface area contributed by atoms with Crippen LogP contribution in [0.3, 0.4) is 0 Å². The number of hydrogen-bond donors (Lipinski definition) is 0. The van der Waals surface area contributed by atoms with Crippen molar-refractivity contribution in [3.05, 3.63) is 35.4 Å². The van der Waals surface area contributed by atoms with E-state index in [0.717, 1.165) is 10.5 Å². The summed E-state index contributed by atoms with van der Waals surface area (Å²) in [4.78, 5) is 13.3. The topological polar surface area (TPSA) is 48.0 Å². The molecule has 7 heteroatoms. The molecule has 0 aromatic heterocycles. The Morgan fingerprint density at radius 1 is 1.09 bits per heavy atom. The zero-order valence-corrected chi connectivity index (χ0v) is 14.6. The van der Waals surface area contributed by atoms with E-state index in [1.165, 1.54) is 7.05 Å². The van der Waals surface area contributed by atoms with Gasteiger partial charge in [0.1, 0.15) is 5.60 Å². The predicted octanol–water partition coefficient (Wildman–Crippen LogP) is 2.29. The first-order valence-corrected chi connectivity index (χ1v) is 7.23. The first-order valence-electron chi connectivity index (χ1n) is 7.23. The first-order chi connectivity index (χ1) is 10.5. The van der Waals surface area contributed by atoms with E-state index in [1.54, 1.807) is 59.3 Å². The summed E-state index contributed by atoms with van der Waals surface area (Å²) < 4.78 is 15.7. The van der Waals surface area contributed by atoms with Crippen LogP contribution in [-0.2, 0) is 19.5 Å². The maximum Gasteiger partial charge on any atom is 0.409 e. The van der Waals surface area contributed by atoms with Gasteiger partial charge in [0.2, 0.25) is 0 Å². The lowest BCUT2D eigenvalue weighted by atomic mass is 9.57. The minimum atomic E-state index is -1.50. The van der Waals surface area contributed by atoms with Gasteiger partial charge in [-0.25, -0.2) is 4.79 Å². The van der Waals surface area contributed by atoms with Crippen LogP contribution in [0, 0.1) is 0 Å². The highest BCUT2D eigenvalue weighted by Crippen LogP contribution is 2.25. The maximum atomic E-state index is 12.2. The molecule has 0 unspecified atom stereocenters. The van der Waals surface area contributed by atoms with Crippen molar-refractivity contribution in [2.75, 3.05) is 21.3 Å². The fourth-order valence-electron chi connectivity index (χ4n) is 1.95. The van der Waals surface area contributed by atoms with E-state index in [4.69, 9.17) is 29.9 Å². The lowest BCUT2D eigenvalue weighted by Crippen LogP contribution is -2.49. The van der Waals surface area contributed by atoms with Crippen molar-refractivity contribution in [2.24, 2.45) is 0 Å². The number of benzene rings is 1. The summed E-state index contributed by atoms with van der Waals surface area (Å²) in [6, 6.07) is 7.01. The summed E-state index contributed by atoms with van der Waals surface area (Å²) in [6.07, 6.45) is -1.07. The Morgan fingerprint density at radius 3 is 1.96 bits per heavy atom. The van der Waals surface area contributed by atoms with Crippen LogP contribution in [0.1, 0.15) is 38.2 Å². The first kappa shape index (κ1) is 19.6. The highest BCUT2D eigenvalue weighted by atomic mass is 16.7. The number of amides is 1. The SMILES string of the molecule is [B]C([B])(c1ccc(C(OC)OC)cc1)N(C)C(=O)OC(C)(C)C. The number of methoxy groups -OCH3 is 2. The largest absolute Gasteiger partial charge is 0.444 e. The highest BCUT2D eigenvalue weighted by Gasteiger charge is 2.31. The van der Waals surface area contributed by atoms with E-state index in [1.807, 2.05) is 0 Å². The minimum Gasteiger partial charge on any atom is -0.444 e. The Balaban J connectivity index is 2.97. The third-order valence-electron chi connectivity index (χ3n) is 3.30. The van der Waals surface area contributed by atoms with Gasteiger partial charge in [0, 0.05) is 26.8 Å². The predicted molar refractivity (Wildman–Crippen MR) is 90.4 cm³/mol. The third kappa shape index (κ3) is 5.01. The van der Waals surface area contributed by atoms with Gasteiger partial charge < -0.3 is 19.1 Å². The van der Waals surface area contributed by atoms with Crippen LogP contribution < -0.4 is 0 Å². The van der Waals surface area contributed by atoms with Gasteiger partial charge in [-0.05, 0) is 31.7 Å². The molecule has 5 nitrogen and oxygen atoms in total. The molecule has 4 radical (unpaired) electrons. The standard InChI is InChI=1S/C16H23B2NO4/c1-15(2,3)23-14(20)19(4)16(17,18)12-9-7-11(8-10-12)13(21-5)22-6/h7-10,13H,1-6H3. The molecule has 0 saturated heterocycles. The molecular weight excluding hydrogens is 292 g/mol. The summed E-state index contributed by atoms with van der Waals surface area (Å²) >= 11 is 0. The van der Waals surface area contributed by atoms with Gasteiger partial charge in [0.25, 0.3) is 0 Å². The number of rotatable bonds is 5. The fraction of sp³-hybridized carbons (Fsp3) is 0.562. The summed E-state index contributed by atoms with van der Waals surface area (Å²) in [5.41, 5.74) is 0.741. The molecule has 1 aromatic rings. The van der Waals surface area contributed by atoms with Gasteiger partial charge in [-0.15, -0.1) is 0 Å². The summed E-state index contributed by atoms with van der Waals surface area (Å²) in [5.74, 6) is 0. The lowest BCUT2D eigenvalue weighted by molar-refractivity contribution is -0.106. The second kappa shape index (κ2) is 7.41. The monoisotopic (exact) mass is 315 g/mol. The van der Waals surface area contributed by atoms with Gasteiger partial charge in [-0.3, -0.25) is 0 Å². The van der Waals surface area contributed by atoms with Crippen molar-refractivity contribution >= 4 is 21.8 Å². The van der Waals surface area contributed by atoms with Crippen LogP contribution in [0.25, 0.3) is 0 Å².